The van der Waals surface area contributed by atoms with Crippen LogP contribution in [0.2, 0.25) is 0 Å². The smallest absolute Gasteiger partial charge is 0.296 e. The largest absolute Gasteiger partial charge is 0.489 e. The molecule has 1 atom stereocenters. The van der Waals surface area contributed by atoms with Crippen LogP contribution in [0.3, 0.4) is 0 Å². The zero-order chi connectivity index (χ0) is 21.0. The van der Waals surface area contributed by atoms with Gasteiger partial charge in [-0.15, -0.1) is 0 Å². The van der Waals surface area contributed by atoms with Gasteiger partial charge in [-0.05, 0) is 23.8 Å². The number of alkyl halides is 2. The van der Waals surface area contributed by atoms with Crippen LogP contribution < -0.4 is 15.8 Å². The predicted octanol–water partition coefficient (Wildman–Crippen LogP) is 2.53. The molecule has 3 rings (SSSR count). The Bertz CT molecular complexity index is 1020. The minimum absolute atomic E-state index is 0.0529. The van der Waals surface area contributed by atoms with Crippen LogP contribution in [0, 0.1) is 0 Å². The van der Waals surface area contributed by atoms with Crippen molar-refractivity contribution in [3.8, 4) is 5.75 Å². The molecule has 0 unspecified atom stereocenters. The van der Waals surface area contributed by atoms with Crippen LogP contribution in [0.15, 0.2) is 52.9 Å². The molecular weight excluding hydrogens is 386 g/mol. The van der Waals surface area contributed by atoms with E-state index in [2.05, 4.69) is 5.32 Å². The number of hydrogen-bond acceptors (Lipinski definition) is 5. The summed E-state index contributed by atoms with van der Waals surface area (Å²) in [6, 6.07) is 12.2. The van der Waals surface area contributed by atoms with E-state index < -0.39 is 42.2 Å². The molecule has 0 bridgehead atoms. The standard InChI is InChI=1S/C20H18F2N2O5/c21-18(22)17-16(20(27)24-14(9-25)19(23)26)13-8-12(6-7-15(13)29-17)28-10-11-4-2-1-3-5-11/h1-8,14,18,25H,9-10H2,(H2,23,26)(H,24,27)/t14-/m0/s1. The van der Waals surface area contributed by atoms with Crippen LogP contribution in [-0.4, -0.2) is 29.6 Å². The van der Waals surface area contributed by atoms with Gasteiger partial charge in [0, 0.05) is 5.39 Å². The minimum Gasteiger partial charge on any atom is -0.489 e. The van der Waals surface area contributed by atoms with Crippen LogP contribution in [0.1, 0.15) is 28.1 Å². The number of fused-ring (bicyclic) bond motifs is 1. The Balaban J connectivity index is 1.94. The lowest BCUT2D eigenvalue weighted by Gasteiger charge is -2.12. The zero-order valence-corrected chi connectivity index (χ0v) is 15.1. The van der Waals surface area contributed by atoms with Gasteiger partial charge >= 0.3 is 0 Å². The highest BCUT2D eigenvalue weighted by molar-refractivity contribution is 6.08. The van der Waals surface area contributed by atoms with E-state index in [1.807, 2.05) is 30.3 Å². The Morgan fingerprint density at radius 1 is 1.17 bits per heavy atom. The molecule has 1 heterocycles. The number of rotatable bonds is 8. The highest BCUT2D eigenvalue weighted by Crippen LogP contribution is 2.34. The Morgan fingerprint density at radius 2 is 1.90 bits per heavy atom. The molecule has 0 saturated carbocycles. The first kappa shape index (κ1) is 20.3. The van der Waals surface area contributed by atoms with Gasteiger partial charge in [0.25, 0.3) is 12.3 Å². The van der Waals surface area contributed by atoms with E-state index in [0.717, 1.165) is 5.56 Å². The lowest BCUT2D eigenvalue weighted by Crippen LogP contribution is -2.46. The molecule has 7 nitrogen and oxygen atoms in total. The molecule has 152 valence electrons. The van der Waals surface area contributed by atoms with Crippen molar-refractivity contribution in [2.75, 3.05) is 6.61 Å². The first-order valence-electron chi connectivity index (χ1n) is 8.63. The van der Waals surface area contributed by atoms with Gasteiger partial charge in [0.05, 0.1) is 12.2 Å². The fourth-order valence-corrected chi connectivity index (χ4v) is 2.75. The number of benzene rings is 2. The van der Waals surface area contributed by atoms with E-state index in [1.165, 1.54) is 18.2 Å². The number of nitrogens with two attached hydrogens (primary N) is 1. The van der Waals surface area contributed by atoms with Crippen LogP contribution >= 0.6 is 0 Å². The summed E-state index contributed by atoms with van der Waals surface area (Å²) in [5, 5.41) is 11.4. The van der Waals surface area contributed by atoms with Gasteiger partial charge in [-0.2, -0.15) is 0 Å². The highest BCUT2D eigenvalue weighted by Gasteiger charge is 2.29. The Labute approximate surface area is 164 Å². The quantitative estimate of drug-likeness (QED) is 0.534. The fourth-order valence-electron chi connectivity index (χ4n) is 2.75. The number of aliphatic hydroxyl groups is 1. The molecule has 0 fully saturated rings. The number of ether oxygens (including phenoxy) is 1. The Kier molecular flexibility index (Phi) is 6.08. The number of carbonyl (C=O) groups is 2. The molecule has 9 heteroatoms. The van der Waals surface area contributed by atoms with Crippen molar-refractivity contribution in [3.05, 3.63) is 65.4 Å². The van der Waals surface area contributed by atoms with Crippen molar-refractivity contribution in [2.45, 2.75) is 19.1 Å². The highest BCUT2D eigenvalue weighted by atomic mass is 19.3. The van der Waals surface area contributed by atoms with Crippen LogP contribution in [0.25, 0.3) is 11.0 Å². The van der Waals surface area contributed by atoms with Crippen molar-refractivity contribution in [2.24, 2.45) is 5.73 Å². The van der Waals surface area contributed by atoms with E-state index in [1.54, 1.807) is 0 Å². The van der Waals surface area contributed by atoms with Crippen LogP contribution in [0.5, 0.6) is 5.75 Å². The first-order valence-corrected chi connectivity index (χ1v) is 8.63. The zero-order valence-electron chi connectivity index (χ0n) is 15.1. The lowest BCUT2D eigenvalue weighted by molar-refractivity contribution is -0.120. The van der Waals surface area contributed by atoms with E-state index in [-0.39, 0.29) is 17.6 Å². The minimum atomic E-state index is -3.07. The molecule has 0 spiro atoms. The predicted molar refractivity (Wildman–Crippen MR) is 99.5 cm³/mol. The maximum atomic E-state index is 13.4. The van der Waals surface area contributed by atoms with Gasteiger partial charge < -0.3 is 25.3 Å². The number of aliphatic hydroxyl groups excluding tert-OH is 1. The third-order valence-corrected chi connectivity index (χ3v) is 4.19. The molecule has 0 aliphatic heterocycles. The van der Waals surface area contributed by atoms with Gasteiger partial charge in [-0.25, -0.2) is 8.78 Å². The number of halogens is 2. The average Bonchev–Trinajstić information content (AvgIpc) is 3.10. The molecule has 29 heavy (non-hydrogen) atoms. The van der Waals surface area contributed by atoms with Crippen LogP contribution in [-0.2, 0) is 11.4 Å². The second-order valence-electron chi connectivity index (χ2n) is 6.19. The van der Waals surface area contributed by atoms with Crippen molar-refractivity contribution in [1.29, 1.82) is 0 Å². The number of amides is 2. The van der Waals surface area contributed by atoms with E-state index in [9.17, 15) is 18.4 Å². The molecular formula is C20H18F2N2O5. The topological polar surface area (TPSA) is 115 Å². The monoisotopic (exact) mass is 404 g/mol. The molecule has 3 aromatic rings. The fraction of sp³-hybridized carbons (Fsp3) is 0.200. The maximum absolute atomic E-state index is 13.4. The van der Waals surface area contributed by atoms with E-state index in [4.69, 9.17) is 20.0 Å². The van der Waals surface area contributed by atoms with Crippen LogP contribution in [0.4, 0.5) is 8.78 Å². The summed E-state index contributed by atoms with van der Waals surface area (Å²) < 4.78 is 37.7. The molecule has 0 radical (unpaired) electrons. The molecule has 0 aliphatic carbocycles. The number of hydrogen-bond donors (Lipinski definition) is 3. The number of carbonyl (C=O) groups excluding carboxylic acids is 2. The number of furan rings is 1. The van der Waals surface area contributed by atoms with Gasteiger partial charge in [-0.1, -0.05) is 30.3 Å². The summed E-state index contributed by atoms with van der Waals surface area (Å²) >= 11 is 0. The van der Waals surface area contributed by atoms with Crippen molar-refractivity contribution in [3.63, 3.8) is 0 Å². The summed E-state index contributed by atoms with van der Waals surface area (Å²) in [7, 11) is 0. The average molecular weight is 404 g/mol. The molecule has 1 aromatic heterocycles. The molecule has 4 N–H and O–H groups in total. The van der Waals surface area contributed by atoms with E-state index in [0.29, 0.717) is 5.75 Å². The Hall–Kier alpha value is -3.46. The molecule has 0 saturated heterocycles. The molecule has 2 aromatic carbocycles. The van der Waals surface area contributed by atoms with Gasteiger partial charge in [0.1, 0.15) is 24.0 Å². The number of nitrogens with one attached hydrogen (secondary N) is 1. The summed E-state index contributed by atoms with van der Waals surface area (Å²) in [4.78, 5) is 23.8. The molecule has 0 aliphatic rings. The normalized spacial score (nSPS) is 12.1. The second kappa shape index (κ2) is 8.70. The third kappa shape index (κ3) is 4.52. The first-order chi connectivity index (χ1) is 13.9. The summed E-state index contributed by atoms with van der Waals surface area (Å²) in [5.41, 5.74) is 5.58. The number of primary amides is 1. The van der Waals surface area contributed by atoms with Gasteiger partial charge in [0.15, 0.2) is 5.76 Å². The Morgan fingerprint density at radius 3 is 2.52 bits per heavy atom. The second-order valence-corrected chi connectivity index (χ2v) is 6.19. The summed E-state index contributed by atoms with van der Waals surface area (Å²) in [6.45, 7) is -0.534. The summed E-state index contributed by atoms with van der Waals surface area (Å²) in [6.07, 6.45) is -3.07. The summed E-state index contributed by atoms with van der Waals surface area (Å²) in [5.74, 6) is -2.53. The van der Waals surface area contributed by atoms with Crippen molar-refractivity contribution < 1.29 is 32.6 Å². The van der Waals surface area contributed by atoms with Crippen molar-refractivity contribution in [1.82, 2.24) is 5.32 Å². The van der Waals surface area contributed by atoms with Gasteiger partial charge in [-0.3, -0.25) is 9.59 Å². The maximum Gasteiger partial charge on any atom is 0.296 e. The molecule has 2 amide bonds. The van der Waals surface area contributed by atoms with E-state index >= 15 is 0 Å². The SMILES string of the molecule is NC(=O)[C@H](CO)NC(=O)c1c(C(F)F)oc2ccc(OCc3ccccc3)cc12. The van der Waals surface area contributed by atoms with Gasteiger partial charge in [0.2, 0.25) is 5.91 Å². The third-order valence-electron chi connectivity index (χ3n) is 4.19. The lowest BCUT2D eigenvalue weighted by atomic mass is 10.1. The van der Waals surface area contributed by atoms with Crippen molar-refractivity contribution >= 4 is 22.8 Å².